The second-order valence-corrected chi connectivity index (χ2v) is 4.69. The van der Waals surface area contributed by atoms with Crippen LogP contribution in [-0.2, 0) is 10.4 Å². The fourth-order valence-corrected chi connectivity index (χ4v) is 2.39. The molecule has 0 saturated heterocycles. The number of carbonyl (C=O) groups excluding carboxylic acids is 1. The zero-order valence-electron chi connectivity index (χ0n) is 10.7. The summed E-state index contributed by atoms with van der Waals surface area (Å²) in [6.07, 6.45) is -1.59. The van der Waals surface area contributed by atoms with Crippen LogP contribution in [0.2, 0.25) is 0 Å². The standard InChI is InChI=1S/C14H17NO5/c16-6-5-12(18)14(20,13(19)8-17)10-7-15-11-4-2-1-3-9(10)11/h1-4,6-7,12-13,15,17-20H,5,8H2/t12-,13-,14+/m1/s1. The molecular formula is C14H17NO5. The smallest absolute Gasteiger partial charge is 0.146 e. The zero-order valence-corrected chi connectivity index (χ0v) is 10.7. The molecule has 6 heteroatoms. The summed E-state index contributed by atoms with van der Waals surface area (Å²) in [6.45, 7) is -0.744. The molecule has 0 spiro atoms. The molecule has 1 aromatic heterocycles. The minimum absolute atomic E-state index is 0.240. The summed E-state index contributed by atoms with van der Waals surface area (Å²) in [5, 5.41) is 40.4. The molecule has 1 heterocycles. The summed E-state index contributed by atoms with van der Waals surface area (Å²) in [6, 6.07) is 7.03. The molecule has 2 aromatic rings. The van der Waals surface area contributed by atoms with Gasteiger partial charge in [0.05, 0.1) is 12.7 Å². The molecule has 0 radical (unpaired) electrons. The molecule has 6 nitrogen and oxygen atoms in total. The molecule has 20 heavy (non-hydrogen) atoms. The number of aliphatic hydroxyl groups is 4. The third-order valence-corrected chi connectivity index (χ3v) is 3.53. The lowest BCUT2D eigenvalue weighted by atomic mass is 9.82. The van der Waals surface area contributed by atoms with Crippen LogP contribution in [0.3, 0.4) is 0 Å². The molecule has 108 valence electrons. The summed E-state index contributed by atoms with van der Waals surface area (Å²) in [5.41, 5.74) is -1.18. The van der Waals surface area contributed by atoms with Gasteiger partial charge in [-0.15, -0.1) is 0 Å². The van der Waals surface area contributed by atoms with Crippen molar-refractivity contribution in [1.29, 1.82) is 0 Å². The number of aliphatic hydroxyl groups excluding tert-OH is 3. The molecule has 5 N–H and O–H groups in total. The van der Waals surface area contributed by atoms with Crippen LogP contribution >= 0.6 is 0 Å². The van der Waals surface area contributed by atoms with E-state index in [4.69, 9.17) is 5.11 Å². The van der Waals surface area contributed by atoms with Gasteiger partial charge in [-0.05, 0) is 6.07 Å². The van der Waals surface area contributed by atoms with Crippen LogP contribution in [-0.4, -0.2) is 50.5 Å². The Kier molecular flexibility index (Phi) is 4.20. The lowest BCUT2D eigenvalue weighted by Gasteiger charge is -2.35. The highest BCUT2D eigenvalue weighted by Gasteiger charge is 2.45. The molecule has 0 aliphatic rings. The van der Waals surface area contributed by atoms with E-state index in [0.717, 1.165) is 0 Å². The molecule has 3 atom stereocenters. The van der Waals surface area contributed by atoms with Crippen molar-refractivity contribution in [1.82, 2.24) is 4.98 Å². The Labute approximate surface area is 115 Å². The molecule has 0 saturated carbocycles. The summed E-state index contributed by atoms with van der Waals surface area (Å²) < 4.78 is 0. The van der Waals surface area contributed by atoms with Crippen molar-refractivity contribution in [3.8, 4) is 0 Å². The van der Waals surface area contributed by atoms with Crippen molar-refractivity contribution in [2.75, 3.05) is 6.61 Å². The van der Waals surface area contributed by atoms with Crippen LogP contribution in [0.1, 0.15) is 12.0 Å². The summed E-state index contributed by atoms with van der Waals surface area (Å²) in [7, 11) is 0. The first-order valence-corrected chi connectivity index (χ1v) is 6.25. The lowest BCUT2D eigenvalue weighted by Crippen LogP contribution is -2.51. The normalized spacial score (nSPS) is 17.6. The Bertz CT molecular complexity index is 596. The van der Waals surface area contributed by atoms with Gasteiger partial charge in [-0.3, -0.25) is 0 Å². The Balaban J connectivity index is 2.59. The van der Waals surface area contributed by atoms with E-state index in [-0.39, 0.29) is 12.0 Å². The first-order valence-electron chi connectivity index (χ1n) is 6.25. The van der Waals surface area contributed by atoms with Crippen molar-refractivity contribution in [2.45, 2.75) is 24.2 Å². The largest absolute Gasteiger partial charge is 0.394 e. The Morgan fingerprint density at radius 1 is 1.25 bits per heavy atom. The van der Waals surface area contributed by atoms with Crippen LogP contribution in [0.25, 0.3) is 10.9 Å². The van der Waals surface area contributed by atoms with Crippen molar-refractivity contribution in [3.05, 3.63) is 36.0 Å². The summed E-state index contributed by atoms with van der Waals surface area (Å²) in [5.74, 6) is 0. The number of hydrogen-bond acceptors (Lipinski definition) is 5. The maximum atomic E-state index is 10.7. The summed E-state index contributed by atoms with van der Waals surface area (Å²) >= 11 is 0. The molecule has 0 bridgehead atoms. The molecule has 0 fully saturated rings. The number of rotatable bonds is 6. The van der Waals surface area contributed by atoms with Gasteiger partial charge in [-0.2, -0.15) is 0 Å². The third kappa shape index (κ3) is 2.23. The monoisotopic (exact) mass is 279 g/mol. The number of fused-ring (bicyclic) bond motifs is 1. The topological polar surface area (TPSA) is 114 Å². The van der Waals surface area contributed by atoms with Crippen molar-refractivity contribution >= 4 is 17.2 Å². The third-order valence-electron chi connectivity index (χ3n) is 3.53. The number of H-pyrrole nitrogens is 1. The molecular weight excluding hydrogens is 262 g/mol. The van der Waals surface area contributed by atoms with E-state index in [1.807, 2.05) is 0 Å². The van der Waals surface area contributed by atoms with Crippen LogP contribution in [0.5, 0.6) is 0 Å². The second-order valence-electron chi connectivity index (χ2n) is 4.69. The first-order chi connectivity index (χ1) is 9.55. The molecule has 0 amide bonds. The molecule has 0 aliphatic heterocycles. The van der Waals surface area contributed by atoms with Gasteiger partial charge in [0.2, 0.25) is 0 Å². The van der Waals surface area contributed by atoms with Gasteiger partial charge < -0.3 is 30.2 Å². The van der Waals surface area contributed by atoms with E-state index in [1.165, 1.54) is 6.20 Å². The van der Waals surface area contributed by atoms with Gasteiger partial charge in [0.25, 0.3) is 0 Å². The number of aldehydes is 1. The van der Waals surface area contributed by atoms with Gasteiger partial charge in [-0.1, -0.05) is 18.2 Å². The highest BCUT2D eigenvalue weighted by Crippen LogP contribution is 2.35. The average Bonchev–Trinajstić information content (AvgIpc) is 2.90. The Morgan fingerprint density at radius 2 is 1.95 bits per heavy atom. The van der Waals surface area contributed by atoms with E-state index in [0.29, 0.717) is 17.2 Å². The van der Waals surface area contributed by atoms with E-state index in [1.54, 1.807) is 24.3 Å². The van der Waals surface area contributed by atoms with Crippen LogP contribution in [0.4, 0.5) is 0 Å². The number of nitrogens with one attached hydrogen (secondary N) is 1. The number of hydrogen-bond donors (Lipinski definition) is 5. The Morgan fingerprint density at radius 3 is 2.60 bits per heavy atom. The van der Waals surface area contributed by atoms with Gasteiger partial charge in [0.15, 0.2) is 0 Å². The number of benzene rings is 1. The molecule has 0 unspecified atom stereocenters. The molecule has 2 rings (SSSR count). The maximum absolute atomic E-state index is 10.7. The number of carbonyl (C=O) groups is 1. The lowest BCUT2D eigenvalue weighted by molar-refractivity contribution is -0.165. The van der Waals surface area contributed by atoms with E-state index in [9.17, 15) is 20.1 Å². The van der Waals surface area contributed by atoms with E-state index >= 15 is 0 Å². The highest BCUT2D eigenvalue weighted by molar-refractivity contribution is 5.84. The molecule has 0 aliphatic carbocycles. The van der Waals surface area contributed by atoms with Crippen molar-refractivity contribution in [3.63, 3.8) is 0 Å². The van der Waals surface area contributed by atoms with Crippen LogP contribution in [0.15, 0.2) is 30.5 Å². The van der Waals surface area contributed by atoms with E-state index in [2.05, 4.69) is 4.98 Å². The fourth-order valence-electron chi connectivity index (χ4n) is 2.39. The number of aromatic nitrogens is 1. The average molecular weight is 279 g/mol. The number of para-hydroxylation sites is 1. The quantitative estimate of drug-likeness (QED) is 0.464. The van der Waals surface area contributed by atoms with Crippen molar-refractivity contribution < 1.29 is 25.2 Å². The van der Waals surface area contributed by atoms with Crippen molar-refractivity contribution in [2.24, 2.45) is 0 Å². The predicted molar refractivity (Wildman–Crippen MR) is 72.0 cm³/mol. The van der Waals surface area contributed by atoms with Crippen LogP contribution in [0, 0.1) is 0 Å². The molecule has 1 aromatic carbocycles. The minimum atomic E-state index is -2.13. The highest BCUT2D eigenvalue weighted by atomic mass is 16.4. The SMILES string of the molecule is O=CC[C@@H](O)[C@@](O)(c1c[nH]c2ccccc12)[C@H](O)CO. The summed E-state index contributed by atoms with van der Waals surface area (Å²) in [4.78, 5) is 13.5. The van der Waals surface area contributed by atoms with Gasteiger partial charge in [-0.25, -0.2) is 0 Å². The first kappa shape index (κ1) is 14.7. The van der Waals surface area contributed by atoms with Gasteiger partial charge >= 0.3 is 0 Å². The van der Waals surface area contributed by atoms with E-state index < -0.39 is 24.4 Å². The van der Waals surface area contributed by atoms with Crippen LogP contribution < -0.4 is 0 Å². The maximum Gasteiger partial charge on any atom is 0.146 e. The zero-order chi connectivity index (χ0) is 14.8. The number of aromatic amines is 1. The minimum Gasteiger partial charge on any atom is -0.394 e. The van der Waals surface area contributed by atoms with Gasteiger partial charge in [0.1, 0.15) is 18.0 Å². The predicted octanol–water partition coefficient (Wildman–Crippen LogP) is -0.341. The van der Waals surface area contributed by atoms with Gasteiger partial charge in [0, 0.05) is 29.1 Å². The fraction of sp³-hybridized carbons (Fsp3) is 0.357. The Hall–Kier alpha value is -1.73. The second kappa shape index (κ2) is 5.72.